The molecule has 35 heavy (non-hydrogen) atoms. The van der Waals surface area contributed by atoms with Crippen LogP contribution in [-0.2, 0) is 10.2 Å². The number of rotatable bonds is 6. The van der Waals surface area contributed by atoms with Gasteiger partial charge in [0, 0.05) is 28.5 Å². The van der Waals surface area contributed by atoms with Crippen molar-refractivity contribution in [2.45, 2.75) is 56.1 Å². The predicted octanol–water partition coefficient (Wildman–Crippen LogP) is 5.54. The van der Waals surface area contributed by atoms with E-state index >= 15 is 0 Å². The lowest BCUT2D eigenvalue weighted by atomic mass is 9.37. The maximum Gasteiger partial charge on any atom is 0.223 e. The van der Waals surface area contributed by atoms with Crippen LogP contribution in [-0.4, -0.2) is 22.5 Å². The molecule has 1 aromatic heterocycles. The van der Waals surface area contributed by atoms with Gasteiger partial charge in [0.25, 0.3) is 0 Å². The number of ether oxygens (including phenoxy) is 1. The molecule has 5 aliphatic rings. The van der Waals surface area contributed by atoms with Crippen LogP contribution in [0, 0.1) is 35.3 Å². The number of carbonyl (C=O) groups is 1. The number of fused-ring (bicyclic) bond motifs is 2. The summed E-state index contributed by atoms with van der Waals surface area (Å²) in [4.78, 5) is 17.4. The lowest BCUT2D eigenvalue weighted by Gasteiger charge is -2.71. The Hall–Kier alpha value is -3.02. The van der Waals surface area contributed by atoms with Gasteiger partial charge in [0.2, 0.25) is 5.91 Å². The molecule has 0 saturated heterocycles. The fourth-order valence-corrected chi connectivity index (χ4v) is 7.64. The Morgan fingerprint density at radius 3 is 2.43 bits per heavy atom. The number of amides is 1. The zero-order valence-electron chi connectivity index (χ0n) is 19.6. The Morgan fingerprint density at radius 2 is 1.71 bits per heavy atom. The second kappa shape index (κ2) is 7.25. The van der Waals surface area contributed by atoms with Gasteiger partial charge in [-0.25, -0.2) is 8.78 Å². The molecule has 1 heterocycles. The summed E-state index contributed by atoms with van der Waals surface area (Å²) < 4.78 is 33.3. The van der Waals surface area contributed by atoms with Crippen LogP contribution in [0.2, 0.25) is 0 Å². The quantitative estimate of drug-likeness (QED) is 0.510. The third-order valence-corrected chi connectivity index (χ3v) is 9.29. The number of nitrogens with zero attached hydrogens (tertiary/aromatic N) is 1. The van der Waals surface area contributed by atoms with Crippen molar-refractivity contribution in [3.8, 4) is 5.75 Å². The maximum absolute atomic E-state index is 13.8. The average molecular weight is 475 g/mol. The van der Waals surface area contributed by atoms with E-state index in [1.54, 1.807) is 12.3 Å². The Morgan fingerprint density at radius 1 is 1.03 bits per heavy atom. The lowest BCUT2D eigenvalue weighted by Crippen LogP contribution is -2.77. The minimum atomic E-state index is -0.295. The van der Waals surface area contributed by atoms with Crippen LogP contribution >= 0.6 is 0 Å². The molecule has 6 heteroatoms. The zero-order chi connectivity index (χ0) is 23.9. The molecular formula is C29H28F2N2O2. The minimum absolute atomic E-state index is 0.00222. The van der Waals surface area contributed by atoms with Gasteiger partial charge in [-0.3, -0.25) is 9.78 Å². The standard InChI is InChI=1S/C29H28F2N2O2/c1-16(27(34)33-29-13-28(14-29,15-29)17-2-4-18(30)5-3-17)26-21-11-20(12-22(21)26)35-25-8-9-32-24-7-6-19(31)10-23(24)25/h2-10,16,20-22,26H,11-15H2,1H3,(H,33,34)/t16?,20-,21-,22+,26+,28?,29?. The highest BCUT2D eigenvalue weighted by Crippen LogP contribution is 2.68. The van der Waals surface area contributed by atoms with E-state index in [9.17, 15) is 13.6 Å². The van der Waals surface area contributed by atoms with Crippen LogP contribution in [0.25, 0.3) is 10.9 Å². The van der Waals surface area contributed by atoms with Crippen LogP contribution in [0.3, 0.4) is 0 Å². The van der Waals surface area contributed by atoms with Gasteiger partial charge in [0.15, 0.2) is 0 Å². The smallest absolute Gasteiger partial charge is 0.223 e. The predicted molar refractivity (Wildman–Crippen MR) is 128 cm³/mol. The molecule has 0 radical (unpaired) electrons. The molecule has 1 amide bonds. The van der Waals surface area contributed by atoms with Crippen molar-refractivity contribution in [3.63, 3.8) is 0 Å². The van der Waals surface area contributed by atoms with Crippen molar-refractivity contribution < 1.29 is 18.3 Å². The normalized spacial score (nSPS) is 34.9. The van der Waals surface area contributed by atoms with Crippen molar-refractivity contribution in [2.75, 3.05) is 0 Å². The van der Waals surface area contributed by atoms with E-state index in [2.05, 4.69) is 17.2 Å². The minimum Gasteiger partial charge on any atom is -0.490 e. The van der Waals surface area contributed by atoms with Crippen LogP contribution in [0.5, 0.6) is 5.75 Å². The third kappa shape index (κ3) is 3.29. The molecule has 5 fully saturated rings. The molecule has 3 aromatic rings. The van der Waals surface area contributed by atoms with Crippen LogP contribution in [0.1, 0.15) is 44.6 Å². The van der Waals surface area contributed by atoms with Crippen molar-refractivity contribution in [3.05, 3.63) is 71.9 Å². The van der Waals surface area contributed by atoms with E-state index in [1.165, 1.54) is 29.8 Å². The van der Waals surface area contributed by atoms with Gasteiger partial charge in [-0.05, 0) is 91.8 Å². The summed E-state index contributed by atoms with van der Waals surface area (Å²) in [7, 11) is 0. The molecule has 1 unspecified atom stereocenters. The summed E-state index contributed by atoms with van der Waals surface area (Å²) in [6.07, 6.45) is 6.54. The first kappa shape index (κ1) is 21.3. The molecule has 2 bridgehead atoms. The second-order valence-electron chi connectivity index (χ2n) is 11.5. The summed E-state index contributed by atoms with van der Waals surface area (Å²) in [6.45, 7) is 2.06. The number of benzene rings is 2. The number of aromatic nitrogens is 1. The molecule has 0 spiro atoms. The van der Waals surface area contributed by atoms with E-state index in [-0.39, 0.29) is 40.5 Å². The number of nitrogens with one attached hydrogen (secondary N) is 1. The van der Waals surface area contributed by atoms with Gasteiger partial charge >= 0.3 is 0 Å². The van der Waals surface area contributed by atoms with E-state index < -0.39 is 0 Å². The average Bonchev–Trinajstić information content (AvgIpc) is 3.30. The molecule has 5 saturated carbocycles. The van der Waals surface area contributed by atoms with Crippen molar-refractivity contribution in [1.82, 2.24) is 10.3 Å². The van der Waals surface area contributed by atoms with E-state index in [4.69, 9.17) is 4.74 Å². The van der Waals surface area contributed by atoms with E-state index in [0.717, 1.165) is 37.6 Å². The zero-order valence-corrected chi connectivity index (χ0v) is 19.6. The molecule has 4 nitrogen and oxygen atoms in total. The molecule has 0 aliphatic heterocycles. The van der Waals surface area contributed by atoms with E-state index in [1.807, 2.05) is 18.2 Å². The summed E-state index contributed by atoms with van der Waals surface area (Å²) >= 11 is 0. The fourth-order valence-electron chi connectivity index (χ4n) is 7.64. The van der Waals surface area contributed by atoms with Crippen LogP contribution in [0.4, 0.5) is 8.78 Å². The van der Waals surface area contributed by atoms with E-state index in [0.29, 0.717) is 28.9 Å². The first-order valence-corrected chi connectivity index (χ1v) is 12.6. The molecule has 8 rings (SSSR count). The van der Waals surface area contributed by atoms with Gasteiger partial charge in [-0.15, -0.1) is 0 Å². The number of hydrogen-bond acceptors (Lipinski definition) is 3. The molecule has 5 atom stereocenters. The lowest BCUT2D eigenvalue weighted by molar-refractivity contribution is -0.142. The summed E-state index contributed by atoms with van der Waals surface area (Å²) in [6, 6.07) is 13.2. The highest BCUT2D eigenvalue weighted by molar-refractivity contribution is 5.84. The van der Waals surface area contributed by atoms with Gasteiger partial charge in [0.05, 0.1) is 11.6 Å². The summed E-state index contributed by atoms with van der Waals surface area (Å²) in [5.74, 6) is 1.80. The highest BCUT2D eigenvalue weighted by Gasteiger charge is 2.69. The van der Waals surface area contributed by atoms with Gasteiger partial charge < -0.3 is 10.1 Å². The maximum atomic E-state index is 13.8. The third-order valence-electron chi connectivity index (χ3n) is 9.29. The monoisotopic (exact) mass is 474 g/mol. The summed E-state index contributed by atoms with van der Waals surface area (Å²) in [5.41, 5.74) is 1.98. The first-order chi connectivity index (χ1) is 16.8. The van der Waals surface area contributed by atoms with Crippen LogP contribution in [0.15, 0.2) is 54.7 Å². The Kier molecular flexibility index (Phi) is 4.41. The van der Waals surface area contributed by atoms with Crippen molar-refractivity contribution >= 4 is 16.8 Å². The number of hydrogen-bond donors (Lipinski definition) is 1. The molecule has 1 N–H and O–H groups in total. The summed E-state index contributed by atoms with van der Waals surface area (Å²) in [5, 5.41) is 4.07. The van der Waals surface area contributed by atoms with Gasteiger partial charge in [-0.1, -0.05) is 19.1 Å². The molecule has 180 valence electrons. The molecular weight excluding hydrogens is 446 g/mol. The highest BCUT2D eigenvalue weighted by atomic mass is 19.1. The number of halogens is 2. The Labute approximate surface area is 203 Å². The second-order valence-corrected chi connectivity index (χ2v) is 11.5. The first-order valence-electron chi connectivity index (χ1n) is 12.6. The number of carbonyl (C=O) groups excluding carboxylic acids is 1. The molecule has 5 aliphatic carbocycles. The van der Waals surface area contributed by atoms with Crippen LogP contribution < -0.4 is 10.1 Å². The Bertz CT molecular complexity index is 1310. The fraction of sp³-hybridized carbons (Fsp3) is 0.448. The Balaban J connectivity index is 0.936. The van der Waals surface area contributed by atoms with Gasteiger partial charge in [0.1, 0.15) is 17.4 Å². The topological polar surface area (TPSA) is 51.2 Å². The largest absolute Gasteiger partial charge is 0.490 e. The molecule has 2 aromatic carbocycles. The van der Waals surface area contributed by atoms with Gasteiger partial charge in [-0.2, -0.15) is 0 Å². The SMILES string of the molecule is CC(C(=O)NC12CC(c3ccc(F)cc3)(C1)C2)[C@H]1[C@@H]2C[C@@H](Oc3ccnc4ccc(F)cc34)C[C@@H]21. The number of pyridine rings is 1. The van der Waals surface area contributed by atoms with Crippen molar-refractivity contribution in [1.29, 1.82) is 0 Å². The van der Waals surface area contributed by atoms with Crippen molar-refractivity contribution in [2.24, 2.45) is 23.7 Å².